The molecule has 1 aliphatic rings. The molecular weight excluding hydrogens is 228 g/mol. The van der Waals surface area contributed by atoms with E-state index in [-0.39, 0.29) is 12.1 Å². The predicted molar refractivity (Wildman–Crippen MR) is 62.0 cm³/mol. The molecular formula is C11H13ClN2O2. The van der Waals surface area contributed by atoms with Gasteiger partial charge in [-0.15, -0.1) is 0 Å². The maximum Gasteiger partial charge on any atom is 0.315 e. The van der Waals surface area contributed by atoms with Gasteiger partial charge >= 0.3 is 6.03 Å². The lowest BCUT2D eigenvalue weighted by Gasteiger charge is -2.15. The molecule has 0 radical (unpaired) electrons. The molecule has 1 aromatic carbocycles. The molecule has 1 fully saturated rings. The minimum absolute atomic E-state index is 0.0828. The minimum atomic E-state index is -0.163. The number of rotatable bonds is 2. The third kappa shape index (κ3) is 1.93. The van der Waals surface area contributed by atoms with Crippen molar-refractivity contribution in [3.05, 3.63) is 28.3 Å². The first-order valence-electron chi connectivity index (χ1n) is 5.00. The molecule has 0 aliphatic carbocycles. The van der Waals surface area contributed by atoms with Gasteiger partial charge in [0.25, 0.3) is 0 Å². The number of hydrogen-bond donors (Lipinski definition) is 2. The van der Waals surface area contributed by atoms with Crippen LogP contribution in [0.1, 0.15) is 17.2 Å². The van der Waals surface area contributed by atoms with E-state index < -0.39 is 0 Å². The Morgan fingerprint density at radius 1 is 1.50 bits per heavy atom. The first-order chi connectivity index (χ1) is 7.61. The summed E-state index contributed by atoms with van der Waals surface area (Å²) in [7, 11) is 1.61. The Balaban J connectivity index is 2.39. The number of urea groups is 1. The van der Waals surface area contributed by atoms with E-state index in [0.29, 0.717) is 11.6 Å². The molecule has 1 saturated heterocycles. The smallest absolute Gasteiger partial charge is 0.315 e. The van der Waals surface area contributed by atoms with Gasteiger partial charge in [-0.1, -0.05) is 11.6 Å². The van der Waals surface area contributed by atoms with Crippen molar-refractivity contribution in [2.75, 3.05) is 13.7 Å². The maximum absolute atomic E-state index is 11.1. The highest BCUT2D eigenvalue weighted by Gasteiger charge is 2.25. The van der Waals surface area contributed by atoms with Crippen LogP contribution >= 0.6 is 11.6 Å². The van der Waals surface area contributed by atoms with Crippen LogP contribution in [0.4, 0.5) is 4.79 Å². The predicted octanol–water partition coefficient (Wildman–Crippen LogP) is 2.01. The number of methoxy groups -OCH3 is 1. The molecule has 1 unspecified atom stereocenters. The Bertz CT molecular complexity index is 434. The zero-order valence-corrected chi connectivity index (χ0v) is 9.89. The van der Waals surface area contributed by atoms with Gasteiger partial charge in [0.2, 0.25) is 0 Å². The van der Waals surface area contributed by atoms with Gasteiger partial charge in [0.1, 0.15) is 5.75 Å². The lowest BCUT2D eigenvalue weighted by molar-refractivity contribution is 0.247. The Morgan fingerprint density at radius 2 is 2.25 bits per heavy atom. The summed E-state index contributed by atoms with van der Waals surface area (Å²) < 4.78 is 5.29. The molecule has 2 amide bonds. The van der Waals surface area contributed by atoms with E-state index in [1.807, 2.05) is 19.1 Å². The molecule has 0 aromatic heterocycles. The molecule has 2 rings (SSSR count). The van der Waals surface area contributed by atoms with Crippen LogP contribution in [0.3, 0.4) is 0 Å². The summed E-state index contributed by atoms with van der Waals surface area (Å²) in [4.78, 5) is 11.1. The Kier molecular flexibility index (Phi) is 2.92. The second-order valence-electron chi connectivity index (χ2n) is 3.75. The van der Waals surface area contributed by atoms with Crippen molar-refractivity contribution in [3.8, 4) is 5.75 Å². The largest absolute Gasteiger partial charge is 0.496 e. The van der Waals surface area contributed by atoms with Crippen molar-refractivity contribution in [2.45, 2.75) is 13.0 Å². The van der Waals surface area contributed by atoms with E-state index in [1.54, 1.807) is 7.11 Å². The van der Waals surface area contributed by atoms with Crippen LogP contribution in [0.2, 0.25) is 5.02 Å². The fourth-order valence-electron chi connectivity index (χ4n) is 1.76. The van der Waals surface area contributed by atoms with E-state index >= 15 is 0 Å². The summed E-state index contributed by atoms with van der Waals surface area (Å²) in [6.45, 7) is 2.47. The van der Waals surface area contributed by atoms with Crippen molar-refractivity contribution in [1.29, 1.82) is 0 Å². The fourth-order valence-corrected chi connectivity index (χ4v) is 1.93. The molecule has 1 atom stereocenters. The normalized spacial score (nSPS) is 19.2. The standard InChI is InChI=1S/C11H13ClN2O2/c1-6-3-10(16-2)7(4-8(6)12)9-5-13-11(15)14-9/h3-4,9H,5H2,1-2H3,(H2,13,14,15). The second kappa shape index (κ2) is 4.22. The summed E-state index contributed by atoms with van der Waals surface area (Å²) in [5.74, 6) is 0.746. The molecule has 2 N–H and O–H groups in total. The highest BCUT2D eigenvalue weighted by Crippen LogP contribution is 2.31. The van der Waals surface area contributed by atoms with Crippen LogP contribution in [0.25, 0.3) is 0 Å². The van der Waals surface area contributed by atoms with Gasteiger partial charge in [0, 0.05) is 17.1 Å². The first kappa shape index (κ1) is 11.1. The van der Waals surface area contributed by atoms with Crippen LogP contribution < -0.4 is 15.4 Å². The number of halogens is 1. The molecule has 16 heavy (non-hydrogen) atoms. The van der Waals surface area contributed by atoms with Crippen molar-refractivity contribution < 1.29 is 9.53 Å². The fraction of sp³-hybridized carbons (Fsp3) is 0.364. The first-order valence-corrected chi connectivity index (χ1v) is 5.38. The van der Waals surface area contributed by atoms with Crippen LogP contribution in [0.5, 0.6) is 5.75 Å². The highest BCUT2D eigenvalue weighted by atomic mass is 35.5. The molecule has 5 heteroatoms. The number of carbonyl (C=O) groups excluding carboxylic acids is 1. The lowest BCUT2D eigenvalue weighted by Crippen LogP contribution is -2.22. The van der Waals surface area contributed by atoms with Gasteiger partial charge in [-0.25, -0.2) is 4.79 Å². The molecule has 1 aliphatic heterocycles. The van der Waals surface area contributed by atoms with E-state index in [1.165, 1.54) is 0 Å². The Labute approximate surface area is 98.9 Å². The minimum Gasteiger partial charge on any atom is -0.496 e. The van der Waals surface area contributed by atoms with E-state index in [2.05, 4.69) is 10.6 Å². The average molecular weight is 241 g/mol. The second-order valence-corrected chi connectivity index (χ2v) is 4.16. The Hall–Kier alpha value is -1.42. The van der Waals surface area contributed by atoms with Gasteiger partial charge in [0.05, 0.1) is 13.2 Å². The van der Waals surface area contributed by atoms with Crippen molar-refractivity contribution in [3.63, 3.8) is 0 Å². The van der Waals surface area contributed by atoms with Gasteiger partial charge in [0.15, 0.2) is 0 Å². The van der Waals surface area contributed by atoms with E-state index in [4.69, 9.17) is 16.3 Å². The molecule has 1 aromatic rings. The monoisotopic (exact) mass is 240 g/mol. The molecule has 4 nitrogen and oxygen atoms in total. The van der Waals surface area contributed by atoms with Crippen LogP contribution in [-0.2, 0) is 0 Å². The van der Waals surface area contributed by atoms with Crippen molar-refractivity contribution in [2.24, 2.45) is 0 Å². The Morgan fingerprint density at radius 3 is 2.81 bits per heavy atom. The number of hydrogen-bond acceptors (Lipinski definition) is 2. The molecule has 0 saturated carbocycles. The van der Waals surface area contributed by atoms with Gasteiger partial charge in [-0.3, -0.25) is 0 Å². The van der Waals surface area contributed by atoms with Crippen LogP contribution in [0.15, 0.2) is 12.1 Å². The molecule has 0 bridgehead atoms. The zero-order chi connectivity index (χ0) is 11.7. The topological polar surface area (TPSA) is 50.4 Å². The number of aryl methyl sites for hydroxylation is 1. The SMILES string of the molecule is COc1cc(C)c(Cl)cc1C1CNC(=O)N1. The number of ether oxygens (including phenoxy) is 1. The number of nitrogens with one attached hydrogen (secondary N) is 2. The number of amides is 2. The van der Waals surface area contributed by atoms with Gasteiger partial charge in [-0.2, -0.15) is 0 Å². The summed E-state index contributed by atoms with van der Waals surface area (Å²) in [5.41, 5.74) is 1.86. The van der Waals surface area contributed by atoms with Crippen molar-refractivity contribution >= 4 is 17.6 Å². The molecule has 0 spiro atoms. The third-order valence-electron chi connectivity index (χ3n) is 2.66. The van der Waals surface area contributed by atoms with Crippen molar-refractivity contribution in [1.82, 2.24) is 10.6 Å². The van der Waals surface area contributed by atoms with Crippen LogP contribution in [-0.4, -0.2) is 19.7 Å². The summed E-state index contributed by atoms with van der Waals surface area (Å²) in [6, 6.07) is 3.47. The van der Waals surface area contributed by atoms with E-state index in [0.717, 1.165) is 16.9 Å². The number of benzene rings is 1. The average Bonchev–Trinajstić information content (AvgIpc) is 2.68. The summed E-state index contributed by atoms with van der Waals surface area (Å²) >= 11 is 6.07. The summed E-state index contributed by atoms with van der Waals surface area (Å²) in [5, 5.41) is 6.19. The third-order valence-corrected chi connectivity index (χ3v) is 3.07. The maximum atomic E-state index is 11.1. The quantitative estimate of drug-likeness (QED) is 0.831. The van der Waals surface area contributed by atoms with Crippen LogP contribution in [0, 0.1) is 6.92 Å². The summed E-state index contributed by atoms with van der Waals surface area (Å²) in [6.07, 6.45) is 0. The number of carbonyl (C=O) groups is 1. The molecule has 1 heterocycles. The zero-order valence-electron chi connectivity index (χ0n) is 9.13. The lowest BCUT2D eigenvalue weighted by atomic mass is 10.0. The molecule has 86 valence electrons. The van der Waals surface area contributed by atoms with Gasteiger partial charge in [-0.05, 0) is 24.6 Å². The van der Waals surface area contributed by atoms with E-state index in [9.17, 15) is 4.79 Å². The van der Waals surface area contributed by atoms with Gasteiger partial charge < -0.3 is 15.4 Å². The highest BCUT2D eigenvalue weighted by molar-refractivity contribution is 6.31.